The Morgan fingerprint density at radius 1 is 1.54 bits per heavy atom. The molecule has 13 heavy (non-hydrogen) atoms. The van der Waals surface area contributed by atoms with Gasteiger partial charge in [-0.25, -0.2) is 0 Å². The molecule has 0 aliphatic rings. The van der Waals surface area contributed by atoms with Gasteiger partial charge in [-0.05, 0) is 54.4 Å². The van der Waals surface area contributed by atoms with E-state index in [1.165, 1.54) is 21.5 Å². The van der Waals surface area contributed by atoms with E-state index in [2.05, 4.69) is 47.2 Å². The molecule has 1 heterocycles. The highest BCUT2D eigenvalue weighted by Crippen LogP contribution is 2.23. The topological polar surface area (TPSA) is 12.0 Å². The third kappa shape index (κ3) is 4.25. The zero-order chi connectivity index (χ0) is 9.68. The fourth-order valence-electron chi connectivity index (χ4n) is 1.30. The molecule has 0 saturated carbocycles. The molecule has 0 bridgehead atoms. The van der Waals surface area contributed by atoms with Crippen LogP contribution in [0.2, 0.25) is 0 Å². The molecule has 3 heteroatoms. The van der Waals surface area contributed by atoms with E-state index in [4.69, 9.17) is 0 Å². The second-order valence-electron chi connectivity index (χ2n) is 3.20. The summed E-state index contributed by atoms with van der Waals surface area (Å²) in [5.74, 6) is 0. The van der Waals surface area contributed by atoms with Gasteiger partial charge in [-0.1, -0.05) is 6.92 Å². The first-order chi connectivity index (χ1) is 6.22. The monoisotopic (exact) mass is 261 g/mol. The highest BCUT2D eigenvalue weighted by molar-refractivity contribution is 9.11. The van der Waals surface area contributed by atoms with Gasteiger partial charge in [-0.2, -0.15) is 0 Å². The second-order valence-corrected chi connectivity index (χ2v) is 5.75. The molecule has 0 aliphatic carbocycles. The van der Waals surface area contributed by atoms with E-state index in [1.807, 2.05) is 11.3 Å². The molecule has 0 spiro atoms. The van der Waals surface area contributed by atoms with E-state index in [9.17, 15) is 0 Å². The third-order valence-electron chi connectivity index (χ3n) is 2.01. The van der Waals surface area contributed by atoms with E-state index in [0.717, 1.165) is 6.54 Å². The zero-order valence-electron chi connectivity index (χ0n) is 8.14. The molecule has 1 atom stereocenters. The van der Waals surface area contributed by atoms with Crippen LogP contribution >= 0.6 is 27.3 Å². The number of rotatable bonds is 5. The maximum Gasteiger partial charge on any atom is 0.0701 e. The van der Waals surface area contributed by atoms with Crippen LogP contribution in [0.3, 0.4) is 0 Å². The molecule has 1 aromatic rings. The Labute approximate surface area is 92.7 Å². The SMILES string of the molecule is CCNC(C)CCc1ccc(Br)s1. The number of hydrogen-bond donors (Lipinski definition) is 1. The molecule has 0 amide bonds. The Morgan fingerprint density at radius 2 is 2.31 bits per heavy atom. The van der Waals surface area contributed by atoms with Gasteiger partial charge in [0.1, 0.15) is 0 Å². The van der Waals surface area contributed by atoms with Crippen LogP contribution in [0.1, 0.15) is 25.1 Å². The summed E-state index contributed by atoms with van der Waals surface area (Å²) >= 11 is 5.31. The minimum atomic E-state index is 0.630. The van der Waals surface area contributed by atoms with Crippen LogP contribution < -0.4 is 5.32 Å². The van der Waals surface area contributed by atoms with Gasteiger partial charge in [-0.15, -0.1) is 11.3 Å². The van der Waals surface area contributed by atoms with Crippen molar-refractivity contribution in [2.24, 2.45) is 0 Å². The maximum absolute atomic E-state index is 3.47. The van der Waals surface area contributed by atoms with E-state index in [0.29, 0.717) is 6.04 Å². The zero-order valence-corrected chi connectivity index (χ0v) is 10.5. The summed E-state index contributed by atoms with van der Waals surface area (Å²) in [6, 6.07) is 4.96. The van der Waals surface area contributed by atoms with Gasteiger partial charge in [0.2, 0.25) is 0 Å². The van der Waals surface area contributed by atoms with Crippen molar-refractivity contribution >= 4 is 27.3 Å². The Hall–Kier alpha value is 0.140. The lowest BCUT2D eigenvalue weighted by Crippen LogP contribution is -2.25. The normalized spacial score (nSPS) is 13.2. The Morgan fingerprint density at radius 3 is 2.85 bits per heavy atom. The van der Waals surface area contributed by atoms with E-state index in [1.54, 1.807) is 0 Å². The van der Waals surface area contributed by atoms with Crippen molar-refractivity contribution in [3.8, 4) is 0 Å². The molecule has 0 radical (unpaired) electrons. The van der Waals surface area contributed by atoms with E-state index < -0.39 is 0 Å². The van der Waals surface area contributed by atoms with Crippen molar-refractivity contribution in [3.05, 3.63) is 20.8 Å². The van der Waals surface area contributed by atoms with Gasteiger partial charge in [-0.3, -0.25) is 0 Å². The van der Waals surface area contributed by atoms with Crippen molar-refractivity contribution in [3.63, 3.8) is 0 Å². The second kappa shape index (κ2) is 5.78. The van der Waals surface area contributed by atoms with Crippen LogP contribution in [0.25, 0.3) is 0 Å². The number of nitrogens with one attached hydrogen (secondary N) is 1. The lowest BCUT2D eigenvalue weighted by atomic mass is 10.1. The first kappa shape index (κ1) is 11.2. The molecule has 1 rings (SSSR count). The Kier molecular flexibility index (Phi) is 4.99. The fraction of sp³-hybridized carbons (Fsp3) is 0.600. The minimum Gasteiger partial charge on any atom is -0.315 e. The van der Waals surface area contributed by atoms with Crippen molar-refractivity contribution in [1.29, 1.82) is 0 Å². The van der Waals surface area contributed by atoms with Crippen molar-refractivity contribution in [1.82, 2.24) is 5.32 Å². The number of halogens is 1. The van der Waals surface area contributed by atoms with E-state index >= 15 is 0 Å². The van der Waals surface area contributed by atoms with Gasteiger partial charge in [0.25, 0.3) is 0 Å². The quantitative estimate of drug-likeness (QED) is 0.857. The highest BCUT2D eigenvalue weighted by atomic mass is 79.9. The third-order valence-corrected chi connectivity index (χ3v) is 3.69. The molecule has 1 nitrogen and oxygen atoms in total. The Bertz CT molecular complexity index is 247. The van der Waals surface area contributed by atoms with Crippen LogP contribution in [0.5, 0.6) is 0 Å². The summed E-state index contributed by atoms with van der Waals surface area (Å²) in [7, 11) is 0. The molecule has 0 saturated heterocycles. The number of aryl methyl sites for hydroxylation is 1. The van der Waals surface area contributed by atoms with Gasteiger partial charge in [0.15, 0.2) is 0 Å². The lowest BCUT2D eigenvalue weighted by molar-refractivity contribution is 0.532. The molecule has 1 unspecified atom stereocenters. The molecule has 0 aliphatic heterocycles. The Balaban J connectivity index is 2.26. The van der Waals surface area contributed by atoms with Gasteiger partial charge < -0.3 is 5.32 Å². The standard InChI is InChI=1S/C10H16BrNS/c1-3-12-8(2)4-5-9-6-7-10(11)13-9/h6-8,12H,3-5H2,1-2H3. The summed E-state index contributed by atoms with van der Waals surface area (Å²) in [6.45, 7) is 5.46. The van der Waals surface area contributed by atoms with Crippen LogP contribution in [-0.4, -0.2) is 12.6 Å². The van der Waals surface area contributed by atoms with Crippen molar-refractivity contribution in [2.75, 3.05) is 6.54 Å². The number of thiophene rings is 1. The summed E-state index contributed by atoms with van der Waals surface area (Å²) in [5, 5.41) is 3.42. The molecule has 0 aromatic carbocycles. The predicted octanol–water partition coefficient (Wildman–Crippen LogP) is 3.44. The van der Waals surface area contributed by atoms with Crippen molar-refractivity contribution in [2.45, 2.75) is 32.7 Å². The van der Waals surface area contributed by atoms with Crippen LogP contribution in [0.15, 0.2) is 15.9 Å². The smallest absolute Gasteiger partial charge is 0.0701 e. The highest BCUT2D eigenvalue weighted by Gasteiger charge is 2.02. The molecular weight excluding hydrogens is 246 g/mol. The van der Waals surface area contributed by atoms with Crippen molar-refractivity contribution < 1.29 is 0 Å². The maximum atomic E-state index is 3.47. The summed E-state index contributed by atoms with van der Waals surface area (Å²) in [5.41, 5.74) is 0. The fourth-order valence-corrected chi connectivity index (χ4v) is 2.79. The number of hydrogen-bond acceptors (Lipinski definition) is 2. The molecule has 74 valence electrons. The summed E-state index contributed by atoms with van der Waals surface area (Å²) in [4.78, 5) is 1.47. The lowest BCUT2D eigenvalue weighted by Gasteiger charge is -2.10. The van der Waals surface area contributed by atoms with Gasteiger partial charge in [0, 0.05) is 10.9 Å². The first-order valence-corrected chi connectivity index (χ1v) is 6.31. The van der Waals surface area contributed by atoms with E-state index in [-0.39, 0.29) is 0 Å². The average molecular weight is 262 g/mol. The van der Waals surface area contributed by atoms with Gasteiger partial charge in [0.05, 0.1) is 3.79 Å². The molecule has 0 fully saturated rings. The minimum absolute atomic E-state index is 0.630. The van der Waals surface area contributed by atoms with Crippen LogP contribution in [0, 0.1) is 0 Å². The summed E-state index contributed by atoms with van der Waals surface area (Å²) < 4.78 is 1.23. The summed E-state index contributed by atoms with van der Waals surface area (Å²) in [6.07, 6.45) is 2.41. The molecule has 1 N–H and O–H groups in total. The molecule has 1 aromatic heterocycles. The molecular formula is C10H16BrNS. The first-order valence-electron chi connectivity index (χ1n) is 4.70. The van der Waals surface area contributed by atoms with Gasteiger partial charge >= 0.3 is 0 Å². The predicted molar refractivity (Wildman–Crippen MR) is 63.5 cm³/mol. The largest absolute Gasteiger partial charge is 0.315 e. The average Bonchev–Trinajstić information content (AvgIpc) is 2.49. The van der Waals surface area contributed by atoms with Crippen LogP contribution in [-0.2, 0) is 6.42 Å². The van der Waals surface area contributed by atoms with Crippen LogP contribution in [0.4, 0.5) is 0 Å².